The molecular formula is C10H12N4. The highest BCUT2D eigenvalue weighted by Crippen LogP contribution is 2.15. The number of nitriles is 1. The number of rotatable bonds is 1. The highest BCUT2D eigenvalue weighted by atomic mass is 15.1. The Balaban J connectivity index is 2.26. The van der Waals surface area contributed by atoms with Gasteiger partial charge in [-0.15, -0.1) is 0 Å². The van der Waals surface area contributed by atoms with Gasteiger partial charge in [0.05, 0.1) is 0 Å². The lowest BCUT2D eigenvalue weighted by Gasteiger charge is -2.24. The van der Waals surface area contributed by atoms with E-state index in [0.29, 0.717) is 5.69 Å². The number of nitrogens with zero attached hydrogens (tertiary/aromatic N) is 2. The Hall–Kier alpha value is -1.44. The molecule has 2 N–H and O–H groups in total. The van der Waals surface area contributed by atoms with E-state index in [9.17, 15) is 0 Å². The minimum absolute atomic E-state index is 0.215. The van der Waals surface area contributed by atoms with Crippen molar-refractivity contribution in [2.75, 3.05) is 19.6 Å². The number of nitrogens with one attached hydrogen (secondary N) is 2. The predicted molar refractivity (Wildman–Crippen MR) is 52.6 cm³/mol. The fraction of sp³-hybridized carbons (Fsp3) is 0.400. The molecule has 0 amide bonds. The predicted octanol–water partition coefficient (Wildman–Crippen LogP) is 0.187. The molecule has 0 aliphatic carbocycles. The molecule has 2 rings (SSSR count). The molecule has 1 aromatic heterocycles. The summed E-state index contributed by atoms with van der Waals surface area (Å²) in [4.78, 5) is 4.04. The van der Waals surface area contributed by atoms with Crippen LogP contribution >= 0.6 is 0 Å². The molecule has 0 bridgehead atoms. The lowest BCUT2D eigenvalue weighted by Crippen LogP contribution is -2.42. The van der Waals surface area contributed by atoms with Gasteiger partial charge in [0, 0.05) is 37.4 Å². The van der Waals surface area contributed by atoms with Gasteiger partial charge in [-0.05, 0) is 6.07 Å². The van der Waals surface area contributed by atoms with E-state index in [1.165, 1.54) is 0 Å². The van der Waals surface area contributed by atoms with Crippen molar-refractivity contribution < 1.29 is 0 Å². The Labute approximate surface area is 83.0 Å². The fourth-order valence-corrected chi connectivity index (χ4v) is 1.67. The average Bonchev–Trinajstić information content (AvgIpc) is 2.30. The molecule has 1 fully saturated rings. The van der Waals surface area contributed by atoms with Gasteiger partial charge < -0.3 is 10.6 Å². The summed E-state index contributed by atoms with van der Waals surface area (Å²) in [7, 11) is 0. The Morgan fingerprint density at radius 3 is 3.14 bits per heavy atom. The van der Waals surface area contributed by atoms with Crippen LogP contribution in [0.25, 0.3) is 0 Å². The van der Waals surface area contributed by atoms with Gasteiger partial charge in [0.25, 0.3) is 0 Å². The molecule has 1 aromatic rings. The molecule has 1 aliphatic rings. The molecule has 0 saturated carbocycles. The van der Waals surface area contributed by atoms with Gasteiger partial charge in [0.2, 0.25) is 0 Å². The Morgan fingerprint density at radius 2 is 2.43 bits per heavy atom. The lowest BCUT2D eigenvalue weighted by atomic mass is 10.0. The van der Waals surface area contributed by atoms with E-state index in [-0.39, 0.29) is 6.04 Å². The van der Waals surface area contributed by atoms with Gasteiger partial charge in [0.1, 0.15) is 11.8 Å². The molecule has 0 aromatic carbocycles. The van der Waals surface area contributed by atoms with Crippen molar-refractivity contribution in [1.82, 2.24) is 15.6 Å². The number of hydrogen-bond donors (Lipinski definition) is 2. The van der Waals surface area contributed by atoms with E-state index in [4.69, 9.17) is 5.26 Å². The highest BCUT2D eigenvalue weighted by Gasteiger charge is 2.17. The van der Waals surface area contributed by atoms with E-state index < -0.39 is 0 Å². The normalized spacial score (nSPS) is 21.5. The zero-order valence-electron chi connectivity index (χ0n) is 7.83. The molecule has 0 radical (unpaired) electrons. The maximum Gasteiger partial charge on any atom is 0.145 e. The van der Waals surface area contributed by atoms with Crippen LogP contribution in [0.4, 0.5) is 0 Å². The molecule has 1 unspecified atom stereocenters. The van der Waals surface area contributed by atoms with E-state index in [2.05, 4.69) is 21.7 Å². The Morgan fingerprint density at radius 1 is 1.50 bits per heavy atom. The topological polar surface area (TPSA) is 60.7 Å². The molecule has 72 valence electrons. The van der Waals surface area contributed by atoms with Crippen molar-refractivity contribution in [2.45, 2.75) is 6.04 Å². The molecule has 2 heterocycles. The summed E-state index contributed by atoms with van der Waals surface area (Å²) in [5.74, 6) is 0. The van der Waals surface area contributed by atoms with Gasteiger partial charge >= 0.3 is 0 Å². The summed E-state index contributed by atoms with van der Waals surface area (Å²) in [6, 6.07) is 6.15. The lowest BCUT2D eigenvalue weighted by molar-refractivity contribution is 0.429. The number of aromatic nitrogens is 1. The zero-order chi connectivity index (χ0) is 9.80. The molecule has 1 saturated heterocycles. The number of piperazine rings is 1. The summed E-state index contributed by atoms with van der Waals surface area (Å²) >= 11 is 0. The van der Waals surface area contributed by atoms with E-state index in [0.717, 1.165) is 25.2 Å². The van der Waals surface area contributed by atoms with E-state index in [1.54, 1.807) is 6.20 Å². The van der Waals surface area contributed by atoms with Gasteiger partial charge in [-0.25, -0.2) is 4.98 Å². The van der Waals surface area contributed by atoms with Crippen molar-refractivity contribution in [3.05, 3.63) is 29.6 Å². The maximum atomic E-state index is 8.89. The minimum Gasteiger partial charge on any atom is -0.314 e. The van der Waals surface area contributed by atoms with Gasteiger partial charge in [-0.1, -0.05) is 6.07 Å². The van der Waals surface area contributed by atoms with Gasteiger partial charge in [-0.3, -0.25) is 0 Å². The largest absolute Gasteiger partial charge is 0.314 e. The van der Waals surface area contributed by atoms with Gasteiger partial charge in [0.15, 0.2) is 0 Å². The van der Waals surface area contributed by atoms with E-state index in [1.807, 2.05) is 12.1 Å². The molecule has 1 aliphatic heterocycles. The minimum atomic E-state index is 0.215. The summed E-state index contributed by atoms with van der Waals surface area (Å²) in [5, 5.41) is 15.5. The van der Waals surface area contributed by atoms with Crippen molar-refractivity contribution >= 4 is 0 Å². The number of pyridine rings is 1. The third kappa shape index (κ3) is 1.74. The first kappa shape index (κ1) is 9.13. The van der Waals surface area contributed by atoms with Crippen molar-refractivity contribution in [1.29, 1.82) is 5.26 Å². The van der Waals surface area contributed by atoms with Crippen LogP contribution < -0.4 is 10.6 Å². The maximum absolute atomic E-state index is 8.89. The second-order valence-corrected chi connectivity index (χ2v) is 3.26. The summed E-state index contributed by atoms with van der Waals surface area (Å²) in [5.41, 5.74) is 1.51. The van der Waals surface area contributed by atoms with Crippen LogP contribution in [0.15, 0.2) is 18.3 Å². The molecule has 0 spiro atoms. The van der Waals surface area contributed by atoms with Crippen LogP contribution in [-0.2, 0) is 0 Å². The number of hydrogen-bond acceptors (Lipinski definition) is 4. The first-order valence-corrected chi connectivity index (χ1v) is 4.71. The highest BCUT2D eigenvalue weighted by molar-refractivity contribution is 5.33. The molecular weight excluding hydrogens is 176 g/mol. The van der Waals surface area contributed by atoms with Crippen LogP contribution in [0.5, 0.6) is 0 Å². The van der Waals surface area contributed by atoms with Crippen LogP contribution in [0.3, 0.4) is 0 Å². The van der Waals surface area contributed by atoms with Crippen molar-refractivity contribution in [3.63, 3.8) is 0 Å². The Bertz CT molecular complexity index is 349. The molecule has 4 nitrogen and oxygen atoms in total. The third-order valence-corrected chi connectivity index (χ3v) is 2.36. The van der Waals surface area contributed by atoms with Crippen LogP contribution in [-0.4, -0.2) is 24.6 Å². The van der Waals surface area contributed by atoms with Gasteiger partial charge in [-0.2, -0.15) is 5.26 Å². The Kier molecular flexibility index (Phi) is 2.73. The van der Waals surface area contributed by atoms with Crippen molar-refractivity contribution in [3.8, 4) is 6.07 Å². The SMILES string of the molecule is N#Cc1ncccc1C1CNCCN1. The molecule has 1 atom stereocenters. The standard InChI is InChI=1S/C10H12N4/c11-6-9-8(2-1-3-13-9)10-7-12-4-5-14-10/h1-3,10,12,14H,4-5,7H2. The monoisotopic (exact) mass is 188 g/mol. The van der Waals surface area contributed by atoms with Crippen LogP contribution in [0.1, 0.15) is 17.3 Å². The summed E-state index contributed by atoms with van der Waals surface area (Å²) in [6.07, 6.45) is 1.65. The first-order chi connectivity index (χ1) is 6.92. The first-order valence-electron chi connectivity index (χ1n) is 4.71. The quantitative estimate of drug-likeness (QED) is 0.660. The van der Waals surface area contributed by atoms with Crippen LogP contribution in [0, 0.1) is 11.3 Å². The smallest absolute Gasteiger partial charge is 0.145 e. The zero-order valence-corrected chi connectivity index (χ0v) is 7.83. The van der Waals surface area contributed by atoms with Crippen LogP contribution in [0.2, 0.25) is 0 Å². The fourth-order valence-electron chi connectivity index (χ4n) is 1.67. The average molecular weight is 188 g/mol. The summed E-state index contributed by atoms with van der Waals surface area (Å²) < 4.78 is 0. The second kappa shape index (κ2) is 4.18. The third-order valence-electron chi connectivity index (χ3n) is 2.36. The second-order valence-electron chi connectivity index (χ2n) is 3.26. The molecule has 14 heavy (non-hydrogen) atoms. The molecule has 4 heteroatoms. The van der Waals surface area contributed by atoms with E-state index >= 15 is 0 Å². The summed E-state index contributed by atoms with van der Waals surface area (Å²) in [6.45, 7) is 2.78. The van der Waals surface area contributed by atoms with Crippen molar-refractivity contribution in [2.24, 2.45) is 0 Å².